The van der Waals surface area contributed by atoms with Crippen molar-refractivity contribution in [1.82, 2.24) is 0 Å². The highest BCUT2D eigenvalue weighted by Gasteiger charge is 2.14. The van der Waals surface area contributed by atoms with E-state index in [9.17, 15) is 4.79 Å². The number of alkyl halides is 1. The summed E-state index contributed by atoms with van der Waals surface area (Å²) < 4.78 is 4.62. The van der Waals surface area contributed by atoms with Gasteiger partial charge in [0.15, 0.2) is 0 Å². The molecule has 0 N–H and O–H groups in total. The standard InChI is InChI=1S/C16H11ClO2/c1-2-19-16(18)14-9-8-12(11-17)10-15(14)13-6-4-3-5-7-13/h1,3-10H,11H2. The van der Waals surface area contributed by atoms with Crippen molar-refractivity contribution >= 4 is 17.6 Å². The number of carbonyl (C=O) groups is 1. The van der Waals surface area contributed by atoms with Gasteiger partial charge in [-0.25, -0.2) is 4.79 Å². The highest BCUT2D eigenvalue weighted by atomic mass is 35.5. The molecular weight excluding hydrogens is 260 g/mol. The zero-order valence-corrected chi connectivity index (χ0v) is 10.9. The Morgan fingerprint density at radius 1 is 1.21 bits per heavy atom. The first-order valence-electron chi connectivity index (χ1n) is 5.67. The molecule has 19 heavy (non-hydrogen) atoms. The Morgan fingerprint density at radius 3 is 2.58 bits per heavy atom. The zero-order chi connectivity index (χ0) is 13.7. The summed E-state index contributed by atoms with van der Waals surface area (Å²) in [6.45, 7) is 0. The summed E-state index contributed by atoms with van der Waals surface area (Å²) in [4.78, 5) is 11.8. The number of carbonyl (C=O) groups excluding carboxylic acids is 1. The molecule has 0 amide bonds. The van der Waals surface area contributed by atoms with E-state index in [4.69, 9.17) is 18.0 Å². The number of hydrogen-bond donors (Lipinski definition) is 0. The van der Waals surface area contributed by atoms with Crippen LogP contribution in [0.25, 0.3) is 11.1 Å². The van der Waals surface area contributed by atoms with Crippen LogP contribution < -0.4 is 0 Å². The second-order valence-electron chi connectivity index (χ2n) is 3.89. The van der Waals surface area contributed by atoms with Crippen LogP contribution in [0.4, 0.5) is 0 Å². The molecule has 0 spiro atoms. The number of benzene rings is 2. The molecular formula is C16H11ClO2. The Balaban J connectivity index is 2.56. The Morgan fingerprint density at radius 2 is 1.95 bits per heavy atom. The fourth-order valence-electron chi connectivity index (χ4n) is 1.82. The van der Waals surface area contributed by atoms with Gasteiger partial charge in [0.25, 0.3) is 0 Å². The van der Waals surface area contributed by atoms with E-state index < -0.39 is 5.97 Å². The van der Waals surface area contributed by atoms with Gasteiger partial charge in [-0.1, -0.05) is 42.8 Å². The molecule has 2 aromatic carbocycles. The van der Waals surface area contributed by atoms with E-state index in [1.165, 1.54) is 0 Å². The summed E-state index contributed by atoms with van der Waals surface area (Å²) in [6.07, 6.45) is 6.90. The van der Waals surface area contributed by atoms with Gasteiger partial charge in [0.1, 0.15) is 6.11 Å². The van der Waals surface area contributed by atoms with Gasteiger partial charge >= 0.3 is 5.97 Å². The van der Waals surface area contributed by atoms with Gasteiger partial charge in [-0.15, -0.1) is 11.6 Å². The van der Waals surface area contributed by atoms with Crippen LogP contribution in [0.1, 0.15) is 15.9 Å². The lowest BCUT2D eigenvalue weighted by molar-refractivity contribution is 0.0692. The third-order valence-electron chi connectivity index (χ3n) is 2.69. The second-order valence-corrected chi connectivity index (χ2v) is 4.15. The first-order valence-corrected chi connectivity index (χ1v) is 6.21. The summed E-state index contributed by atoms with van der Waals surface area (Å²) in [7, 11) is 0. The third-order valence-corrected chi connectivity index (χ3v) is 3.00. The molecule has 0 radical (unpaired) electrons. The molecule has 2 rings (SSSR count). The summed E-state index contributed by atoms with van der Waals surface area (Å²) in [6, 6.07) is 14.9. The summed E-state index contributed by atoms with van der Waals surface area (Å²) >= 11 is 5.83. The Labute approximate surface area is 117 Å². The van der Waals surface area contributed by atoms with Crippen molar-refractivity contribution in [1.29, 1.82) is 0 Å². The lowest BCUT2D eigenvalue weighted by Gasteiger charge is -2.09. The van der Waals surface area contributed by atoms with Crippen molar-refractivity contribution in [3.8, 4) is 23.7 Å². The Bertz CT molecular complexity index is 627. The average Bonchev–Trinajstić information content (AvgIpc) is 2.47. The second kappa shape index (κ2) is 6.08. The van der Waals surface area contributed by atoms with E-state index in [1.54, 1.807) is 12.1 Å². The van der Waals surface area contributed by atoms with Crippen LogP contribution in [0.5, 0.6) is 0 Å². The van der Waals surface area contributed by atoms with Crippen molar-refractivity contribution in [3.05, 3.63) is 59.7 Å². The SMILES string of the molecule is C#COC(=O)c1ccc(CCl)cc1-c1ccccc1. The van der Waals surface area contributed by atoms with Gasteiger partial charge in [0.05, 0.1) is 5.56 Å². The molecule has 0 aliphatic rings. The largest absolute Gasteiger partial charge is 0.369 e. The number of ether oxygens (including phenoxy) is 1. The maximum absolute atomic E-state index is 11.8. The Kier molecular flexibility index (Phi) is 4.22. The van der Waals surface area contributed by atoms with Crippen LogP contribution in [0.3, 0.4) is 0 Å². The van der Waals surface area contributed by atoms with E-state index >= 15 is 0 Å². The molecule has 0 aromatic heterocycles. The van der Waals surface area contributed by atoms with Gasteiger partial charge in [0.2, 0.25) is 0 Å². The van der Waals surface area contributed by atoms with E-state index in [0.29, 0.717) is 11.4 Å². The lowest BCUT2D eigenvalue weighted by atomic mass is 9.97. The third kappa shape index (κ3) is 2.96. The maximum atomic E-state index is 11.8. The Hall–Kier alpha value is -2.24. The fraction of sp³-hybridized carbons (Fsp3) is 0.0625. The molecule has 2 aromatic rings. The maximum Gasteiger partial charge on any atom is 0.352 e. The molecule has 0 atom stereocenters. The number of halogens is 1. The molecule has 3 heteroatoms. The highest BCUT2D eigenvalue weighted by Crippen LogP contribution is 2.26. The van der Waals surface area contributed by atoms with Crippen LogP contribution in [0.15, 0.2) is 48.5 Å². The molecule has 0 bridgehead atoms. The first kappa shape index (κ1) is 13.2. The predicted molar refractivity (Wildman–Crippen MR) is 75.7 cm³/mol. The van der Waals surface area contributed by atoms with E-state index in [2.05, 4.69) is 4.74 Å². The molecule has 0 saturated carbocycles. The summed E-state index contributed by atoms with van der Waals surface area (Å²) in [5.41, 5.74) is 3.04. The number of terminal acetylenes is 1. The van der Waals surface area contributed by atoms with Crippen LogP contribution in [-0.2, 0) is 10.6 Å². The van der Waals surface area contributed by atoms with Gasteiger partial charge < -0.3 is 4.74 Å². The van der Waals surface area contributed by atoms with Crippen molar-refractivity contribution in [2.45, 2.75) is 5.88 Å². The van der Waals surface area contributed by atoms with Crippen molar-refractivity contribution in [3.63, 3.8) is 0 Å². The van der Waals surface area contributed by atoms with Crippen LogP contribution >= 0.6 is 11.6 Å². The first-order chi connectivity index (χ1) is 9.26. The normalized spacial score (nSPS) is 9.68. The van der Waals surface area contributed by atoms with Crippen LogP contribution in [0, 0.1) is 12.5 Å². The minimum atomic E-state index is -0.539. The van der Waals surface area contributed by atoms with E-state index in [-0.39, 0.29) is 0 Å². The zero-order valence-electron chi connectivity index (χ0n) is 10.1. The number of esters is 1. The van der Waals surface area contributed by atoms with E-state index in [0.717, 1.165) is 16.7 Å². The molecule has 0 aliphatic carbocycles. The van der Waals surface area contributed by atoms with Crippen molar-refractivity contribution in [2.24, 2.45) is 0 Å². The smallest absolute Gasteiger partial charge is 0.352 e. The highest BCUT2D eigenvalue weighted by molar-refractivity contribution is 6.17. The van der Waals surface area contributed by atoms with Crippen LogP contribution in [0.2, 0.25) is 0 Å². The van der Waals surface area contributed by atoms with Gasteiger partial charge in [0, 0.05) is 5.88 Å². The van der Waals surface area contributed by atoms with Gasteiger partial charge in [-0.3, -0.25) is 0 Å². The predicted octanol–water partition coefficient (Wildman–Crippen LogP) is 3.84. The van der Waals surface area contributed by atoms with Gasteiger partial charge in [-0.2, -0.15) is 0 Å². The number of rotatable bonds is 3. The summed E-state index contributed by atoms with van der Waals surface area (Å²) in [5.74, 6) is -0.160. The van der Waals surface area contributed by atoms with Crippen molar-refractivity contribution < 1.29 is 9.53 Å². The van der Waals surface area contributed by atoms with Crippen molar-refractivity contribution in [2.75, 3.05) is 0 Å². The minimum absolute atomic E-state index is 0.379. The molecule has 0 fully saturated rings. The monoisotopic (exact) mass is 270 g/mol. The molecule has 94 valence electrons. The summed E-state index contributed by atoms with van der Waals surface area (Å²) in [5, 5.41) is 0. The molecule has 0 saturated heterocycles. The average molecular weight is 271 g/mol. The van der Waals surface area contributed by atoms with Crippen LogP contribution in [-0.4, -0.2) is 5.97 Å². The topological polar surface area (TPSA) is 26.3 Å². The minimum Gasteiger partial charge on any atom is -0.369 e. The number of hydrogen-bond acceptors (Lipinski definition) is 2. The quantitative estimate of drug-likeness (QED) is 0.481. The molecule has 0 unspecified atom stereocenters. The molecule has 0 aliphatic heterocycles. The lowest BCUT2D eigenvalue weighted by Crippen LogP contribution is -2.03. The molecule has 0 heterocycles. The van der Waals surface area contributed by atoms with E-state index in [1.807, 2.05) is 42.5 Å². The molecule has 2 nitrogen and oxygen atoms in total. The van der Waals surface area contributed by atoms with Gasteiger partial charge in [-0.05, 0) is 28.8 Å². The fourth-order valence-corrected chi connectivity index (χ4v) is 1.98.